The first-order valence-corrected chi connectivity index (χ1v) is 10.6. The van der Waals surface area contributed by atoms with Gasteiger partial charge in [-0.05, 0) is 46.2 Å². The fourth-order valence-corrected chi connectivity index (χ4v) is 4.02. The van der Waals surface area contributed by atoms with E-state index in [-0.39, 0.29) is 12.1 Å². The Morgan fingerprint density at radius 2 is 2.03 bits per heavy atom. The van der Waals surface area contributed by atoms with Crippen molar-refractivity contribution >= 4 is 22.9 Å². The number of ether oxygens (including phenoxy) is 1. The molecule has 0 spiro atoms. The highest BCUT2D eigenvalue weighted by atomic mass is 16.6. The van der Waals surface area contributed by atoms with Crippen molar-refractivity contribution in [2.24, 2.45) is 0 Å². The number of nitriles is 1. The van der Waals surface area contributed by atoms with Gasteiger partial charge in [0.2, 0.25) is 0 Å². The Kier molecular flexibility index (Phi) is 5.46. The van der Waals surface area contributed by atoms with Gasteiger partial charge in [0.1, 0.15) is 29.5 Å². The van der Waals surface area contributed by atoms with E-state index >= 15 is 0 Å². The summed E-state index contributed by atoms with van der Waals surface area (Å²) in [6.45, 7) is 11.5. The van der Waals surface area contributed by atoms with Crippen molar-refractivity contribution in [2.75, 3.05) is 24.5 Å². The van der Waals surface area contributed by atoms with Gasteiger partial charge >= 0.3 is 6.09 Å². The number of hydrogen-bond donors (Lipinski definition) is 0. The molecule has 0 aromatic carbocycles. The third-order valence-corrected chi connectivity index (χ3v) is 5.43. The second kappa shape index (κ2) is 8.11. The van der Waals surface area contributed by atoms with Crippen LogP contribution in [0.2, 0.25) is 0 Å². The molecule has 1 aliphatic rings. The van der Waals surface area contributed by atoms with E-state index in [0.29, 0.717) is 25.2 Å². The second-order valence-electron chi connectivity index (χ2n) is 9.09. The van der Waals surface area contributed by atoms with Gasteiger partial charge in [0.25, 0.3) is 0 Å². The molecule has 1 amide bonds. The number of hydrogen-bond acceptors (Lipinski definition) is 7. The Morgan fingerprint density at radius 3 is 2.72 bits per heavy atom. The molecular weight excluding hydrogens is 406 g/mol. The minimum atomic E-state index is -0.520. The van der Waals surface area contributed by atoms with Gasteiger partial charge in [-0.25, -0.2) is 14.8 Å². The highest BCUT2D eigenvalue weighted by Gasteiger charge is 2.31. The van der Waals surface area contributed by atoms with Gasteiger partial charge in [-0.2, -0.15) is 5.26 Å². The Bertz CT molecular complexity index is 1210. The van der Waals surface area contributed by atoms with Crippen molar-refractivity contribution in [3.05, 3.63) is 42.1 Å². The summed E-state index contributed by atoms with van der Waals surface area (Å²) < 4.78 is 7.47. The molecule has 0 unspecified atom stereocenters. The van der Waals surface area contributed by atoms with E-state index in [0.717, 1.165) is 28.1 Å². The van der Waals surface area contributed by atoms with Crippen LogP contribution in [0.15, 0.2) is 31.0 Å². The molecule has 9 heteroatoms. The van der Waals surface area contributed by atoms with Crippen molar-refractivity contribution < 1.29 is 9.53 Å². The zero-order chi connectivity index (χ0) is 23.0. The number of nitrogens with zero attached hydrogens (tertiary/aromatic N) is 7. The summed E-state index contributed by atoms with van der Waals surface area (Å²) in [5.74, 6) is 0.840. The first kappa shape index (κ1) is 21.6. The van der Waals surface area contributed by atoms with Gasteiger partial charge in [0, 0.05) is 38.1 Å². The second-order valence-corrected chi connectivity index (χ2v) is 9.09. The van der Waals surface area contributed by atoms with Gasteiger partial charge in [-0.3, -0.25) is 9.55 Å². The molecule has 0 bridgehead atoms. The third kappa shape index (κ3) is 4.08. The standard InChI is InChI=1S/C23H27N7O2/c1-15-12-30(18-8-17(9-24)10-25-11-18)21-19(15)20(26-14-27-21)29-7-6-28(13-16(29)2)22(31)32-23(3,4)5/h8,10-12,14,16H,6-7,13H2,1-5H3/t16-/m0/s1. The largest absolute Gasteiger partial charge is 0.444 e. The van der Waals surface area contributed by atoms with Crippen molar-refractivity contribution in [3.8, 4) is 11.8 Å². The van der Waals surface area contributed by atoms with Crippen LogP contribution in [0.4, 0.5) is 10.6 Å². The average Bonchev–Trinajstić information content (AvgIpc) is 3.09. The summed E-state index contributed by atoms with van der Waals surface area (Å²) in [6, 6.07) is 3.97. The predicted octanol–water partition coefficient (Wildman–Crippen LogP) is 3.44. The van der Waals surface area contributed by atoms with Crippen molar-refractivity contribution in [3.63, 3.8) is 0 Å². The highest BCUT2D eigenvalue weighted by molar-refractivity contribution is 5.92. The van der Waals surface area contributed by atoms with Crippen LogP contribution in [-0.2, 0) is 4.74 Å². The number of piperazine rings is 1. The van der Waals surface area contributed by atoms with Crippen molar-refractivity contribution in [1.29, 1.82) is 5.26 Å². The van der Waals surface area contributed by atoms with Gasteiger partial charge in [-0.1, -0.05) is 0 Å². The molecule has 1 saturated heterocycles. The van der Waals surface area contributed by atoms with Crippen LogP contribution in [0, 0.1) is 18.3 Å². The van der Waals surface area contributed by atoms with E-state index in [1.807, 2.05) is 38.5 Å². The smallest absolute Gasteiger partial charge is 0.410 e. The van der Waals surface area contributed by atoms with Gasteiger partial charge < -0.3 is 14.5 Å². The highest BCUT2D eigenvalue weighted by Crippen LogP contribution is 2.32. The number of amides is 1. The normalized spacial score (nSPS) is 16.8. The molecule has 3 aromatic rings. The molecule has 0 N–H and O–H groups in total. The molecule has 0 aliphatic carbocycles. The van der Waals surface area contributed by atoms with Crippen LogP contribution in [0.25, 0.3) is 16.7 Å². The number of rotatable bonds is 2. The van der Waals surface area contributed by atoms with E-state index in [1.165, 1.54) is 6.20 Å². The van der Waals surface area contributed by atoms with Crippen LogP contribution in [0.1, 0.15) is 38.8 Å². The lowest BCUT2D eigenvalue weighted by Gasteiger charge is -2.41. The third-order valence-electron chi connectivity index (χ3n) is 5.43. The maximum Gasteiger partial charge on any atom is 0.410 e. The number of aryl methyl sites for hydroxylation is 1. The molecule has 1 aliphatic heterocycles. The Balaban J connectivity index is 1.65. The molecule has 0 saturated carbocycles. The summed E-state index contributed by atoms with van der Waals surface area (Å²) in [5.41, 5.74) is 2.53. The minimum absolute atomic E-state index is 0.0562. The number of fused-ring (bicyclic) bond motifs is 1. The number of carbonyl (C=O) groups excluding carboxylic acids is 1. The van der Waals surface area contributed by atoms with E-state index in [9.17, 15) is 10.1 Å². The first-order valence-electron chi connectivity index (χ1n) is 10.6. The molecule has 166 valence electrons. The molecule has 4 rings (SSSR count). The molecule has 1 atom stereocenters. The zero-order valence-electron chi connectivity index (χ0n) is 19.0. The number of carbonyl (C=O) groups is 1. The molecule has 0 radical (unpaired) electrons. The van der Waals surface area contributed by atoms with Crippen LogP contribution in [0.5, 0.6) is 0 Å². The predicted molar refractivity (Wildman–Crippen MR) is 121 cm³/mol. The molecule has 32 heavy (non-hydrogen) atoms. The Morgan fingerprint density at radius 1 is 1.25 bits per heavy atom. The summed E-state index contributed by atoms with van der Waals surface area (Å²) >= 11 is 0. The van der Waals surface area contributed by atoms with E-state index in [4.69, 9.17) is 4.74 Å². The van der Waals surface area contributed by atoms with Crippen molar-refractivity contribution in [2.45, 2.75) is 46.3 Å². The van der Waals surface area contributed by atoms with Gasteiger partial charge in [-0.15, -0.1) is 0 Å². The lowest BCUT2D eigenvalue weighted by molar-refractivity contribution is 0.0218. The van der Waals surface area contributed by atoms with E-state index in [2.05, 4.69) is 32.8 Å². The number of aromatic nitrogens is 4. The lowest BCUT2D eigenvalue weighted by atomic mass is 10.1. The molecule has 4 heterocycles. The minimum Gasteiger partial charge on any atom is -0.444 e. The number of pyridine rings is 1. The molecule has 9 nitrogen and oxygen atoms in total. The molecule has 1 fully saturated rings. The van der Waals surface area contributed by atoms with Crippen LogP contribution in [-0.4, -0.2) is 61.8 Å². The quantitative estimate of drug-likeness (QED) is 0.610. The van der Waals surface area contributed by atoms with Crippen LogP contribution >= 0.6 is 0 Å². The van der Waals surface area contributed by atoms with Gasteiger partial charge in [0.15, 0.2) is 0 Å². The molecular formula is C23H27N7O2. The first-order chi connectivity index (χ1) is 15.2. The van der Waals surface area contributed by atoms with Crippen LogP contribution < -0.4 is 4.90 Å². The molecule has 3 aromatic heterocycles. The average molecular weight is 434 g/mol. The van der Waals surface area contributed by atoms with E-state index < -0.39 is 5.60 Å². The SMILES string of the molecule is Cc1cn(-c2cncc(C#N)c2)c2ncnc(N3CCN(C(=O)OC(C)(C)C)C[C@@H]3C)c12. The Hall–Kier alpha value is -3.67. The summed E-state index contributed by atoms with van der Waals surface area (Å²) in [6.07, 6.45) is 6.51. The topological polar surface area (TPSA) is 100 Å². The van der Waals surface area contributed by atoms with Gasteiger partial charge in [0.05, 0.1) is 22.8 Å². The maximum absolute atomic E-state index is 12.5. The Labute approximate surface area is 187 Å². The maximum atomic E-state index is 12.5. The zero-order valence-corrected chi connectivity index (χ0v) is 19.0. The monoisotopic (exact) mass is 433 g/mol. The fraction of sp³-hybridized carbons (Fsp3) is 0.435. The number of anilines is 1. The van der Waals surface area contributed by atoms with Crippen molar-refractivity contribution in [1.82, 2.24) is 24.4 Å². The van der Waals surface area contributed by atoms with Crippen LogP contribution in [0.3, 0.4) is 0 Å². The summed E-state index contributed by atoms with van der Waals surface area (Å²) in [5, 5.41) is 10.2. The lowest BCUT2D eigenvalue weighted by Crippen LogP contribution is -2.54. The summed E-state index contributed by atoms with van der Waals surface area (Å²) in [4.78, 5) is 29.8. The van der Waals surface area contributed by atoms with E-state index in [1.54, 1.807) is 23.5 Å². The summed E-state index contributed by atoms with van der Waals surface area (Å²) in [7, 11) is 0. The fourth-order valence-electron chi connectivity index (χ4n) is 4.02.